The van der Waals surface area contributed by atoms with Crippen molar-refractivity contribution in [2.45, 2.75) is 52.4 Å². The van der Waals surface area contributed by atoms with Gasteiger partial charge in [-0.1, -0.05) is 74.9 Å². The average Bonchev–Trinajstić information content (AvgIpc) is 2.62. The van der Waals surface area contributed by atoms with Crippen LogP contribution in [0.15, 0.2) is 60.7 Å². The molecule has 0 heterocycles. The van der Waals surface area contributed by atoms with Gasteiger partial charge in [0.2, 0.25) is 0 Å². The number of benzene rings is 2. The standard InChI is InChI=1S/C24H28/c1-3-5-6-7-8-10-22-13-17-24(18-14-22)20-19-23-15-11-21(9-4-2)12-16-23/h6-7,11-18H,3-5,8-10H2,1-2H3. The minimum atomic E-state index is 1.08. The number of hydrogen-bond acceptors (Lipinski definition) is 0. The van der Waals surface area contributed by atoms with E-state index in [9.17, 15) is 0 Å². The van der Waals surface area contributed by atoms with Crippen molar-refractivity contribution < 1.29 is 0 Å². The summed E-state index contributed by atoms with van der Waals surface area (Å²) in [5.41, 5.74) is 4.93. The quantitative estimate of drug-likeness (QED) is 0.414. The van der Waals surface area contributed by atoms with Gasteiger partial charge in [-0.3, -0.25) is 0 Å². The molecule has 0 aromatic heterocycles. The number of rotatable bonds is 7. The Kier molecular flexibility index (Phi) is 7.91. The van der Waals surface area contributed by atoms with E-state index in [0.29, 0.717) is 0 Å². The molecule has 0 nitrogen and oxygen atoms in total. The maximum Gasteiger partial charge on any atom is 0.0249 e. The SMILES string of the molecule is CCCC=CCCc1ccc(C#Cc2ccc(CCC)cc2)cc1. The fourth-order valence-corrected chi connectivity index (χ4v) is 2.59. The molecule has 0 atom stereocenters. The Morgan fingerprint density at radius 1 is 0.625 bits per heavy atom. The summed E-state index contributed by atoms with van der Waals surface area (Å²) in [5, 5.41) is 0. The van der Waals surface area contributed by atoms with E-state index >= 15 is 0 Å². The van der Waals surface area contributed by atoms with Gasteiger partial charge in [-0.15, -0.1) is 0 Å². The molecule has 0 radical (unpaired) electrons. The van der Waals surface area contributed by atoms with Crippen LogP contribution in [-0.2, 0) is 12.8 Å². The Balaban J connectivity index is 1.89. The summed E-state index contributed by atoms with van der Waals surface area (Å²) in [6.07, 6.45) is 11.5. The maximum atomic E-state index is 3.26. The highest BCUT2D eigenvalue weighted by atomic mass is 14.0. The highest BCUT2D eigenvalue weighted by Crippen LogP contribution is 2.08. The van der Waals surface area contributed by atoms with Gasteiger partial charge in [-0.2, -0.15) is 0 Å². The molecule has 0 spiro atoms. The molecule has 2 aromatic rings. The molecule has 0 aliphatic rings. The Hall–Kier alpha value is -2.26. The van der Waals surface area contributed by atoms with E-state index in [1.165, 1.54) is 30.4 Å². The summed E-state index contributed by atoms with van der Waals surface area (Å²) in [7, 11) is 0. The largest absolute Gasteiger partial charge is 0.0885 e. The first-order valence-electron chi connectivity index (χ1n) is 9.16. The molecule has 0 fully saturated rings. The Labute approximate surface area is 147 Å². The van der Waals surface area contributed by atoms with Gasteiger partial charge in [0.1, 0.15) is 0 Å². The second kappa shape index (κ2) is 10.5. The van der Waals surface area contributed by atoms with Crippen LogP contribution in [0.2, 0.25) is 0 Å². The third kappa shape index (κ3) is 6.47. The third-order valence-electron chi connectivity index (χ3n) is 4.02. The Morgan fingerprint density at radius 2 is 1.12 bits per heavy atom. The normalized spacial score (nSPS) is 10.6. The number of unbranched alkanes of at least 4 members (excludes halogenated alkanes) is 1. The first-order chi connectivity index (χ1) is 11.8. The zero-order valence-corrected chi connectivity index (χ0v) is 15.0. The van der Waals surface area contributed by atoms with Crippen LogP contribution in [0.3, 0.4) is 0 Å². The molecule has 124 valence electrons. The maximum absolute atomic E-state index is 3.26. The smallest absolute Gasteiger partial charge is 0.0249 e. The van der Waals surface area contributed by atoms with Gasteiger partial charge in [0.05, 0.1) is 0 Å². The second-order valence-corrected chi connectivity index (χ2v) is 6.19. The lowest BCUT2D eigenvalue weighted by molar-refractivity contribution is 0.922. The van der Waals surface area contributed by atoms with E-state index in [4.69, 9.17) is 0 Å². The lowest BCUT2D eigenvalue weighted by Gasteiger charge is -1.99. The zero-order chi connectivity index (χ0) is 17.0. The minimum Gasteiger partial charge on any atom is -0.0885 e. The molecule has 2 rings (SSSR count). The first kappa shape index (κ1) is 18.1. The van der Waals surface area contributed by atoms with Gasteiger partial charge in [-0.05, 0) is 61.1 Å². The van der Waals surface area contributed by atoms with Crippen molar-refractivity contribution in [2.75, 3.05) is 0 Å². The summed E-state index contributed by atoms with van der Waals surface area (Å²) in [4.78, 5) is 0. The molecule has 0 aliphatic carbocycles. The number of allylic oxidation sites excluding steroid dienone is 2. The second-order valence-electron chi connectivity index (χ2n) is 6.19. The number of aryl methyl sites for hydroxylation is 2. The Bertz CT molecular complexity index is 676. The highest BCUT2D eigenvalue weighted by molar-refractivity contribution is 5.44. The van der Waals surface area contributed by atoms with Crippen LogP contribution in [0.25, 0.3) is 0 Å². The van der Waals surface area contributed by atoms with Crippen LogP contribution in [0.5, 0.6) is 0 Å². The van der Waals surface area contributed by atoms with E-state index in [-0.39, 0.29) is 0 Å². The van der Waals surface area contributed by atoms with Crippen molar-refractivity contribution in [3.8, 4) is 11.8 Å². The molecule has 0 unspecified atom stereocenters. The van der Waals surface area contributed by atoms with Gasteiger partial charge in [0.25, 0.3) is 0 Å². The van der Waals surface area contributed by atoms with Gasteiger partial charge in [0, 0.05) is 11.1 Å². The van der Waals surface area contributed by atoms with Crippen LogP contribution in [-0.4, -0.2) is 0 Å². The lowest BCUT2D eigenvalue weighted by Crippen LogP contribution is -1.85. The van der Waals surface area contributed by atoms with E-state index in [0.717, 1.165) is 30.4 Å². The van der Waals surface area contributed by atoms with Gasteiger partial charge < -0.3 is 0 Å². The van der Waals surface area contributed by atoms with Crippen molar-refractivity contribution in [2.24, 2.45) is 0 Å². The lowest BCUT2D eigenvalue weighted by atomic mass is 10.1. The van der Waals surface area contributed by atoms with Gasteiger partial charge in [0.15, 0.2) is 0 Å². The van der Waals surface area contributed by atoms with E-state index in [2.05, 4.69) is 86.4 Å². The zero-order valence-electron chi connectivity index (χ0n) is 15.0. The Morgan fingerprint density at radius 3 is 1.62 bits per heavy atom. The van der Waals surface area contributed by atoms with Crippen LogP contribution in [0.4, 0.5) is 0 Å². The topological polar surface area (TPSA) is 0 Å². The van der Waals surface area contributed by atoms with E-state index in [1.54, 1.807) is 0 Å². The van der Waals surface area contributed by atoms with Crippen molar-refractivity contribution in [3.63, 3.8) is 0 Å². The summed E-state index contributed by atoms with van der Waals surface area (Å²) in [6, 6.07) is 17.3. The van der Waals surface area contributed by atoms with Gasteiger partial charge >= 0.3 is 0 Å². The van der Waals surface area contributed by atoms with Crippen LogP contribution >= 0.6 is 0 Å². The predicted octanol–water partition coefficient (Wildman–Crippen LogP) is 6.33. The molecule has 24 heavy (non-hydrogen) atoms. The third-order valence-corrected chi connectivity index (χ3v) is 4.02. The molecule has 0 N–H and O–H groups in total. The van der Waals surface area contributed by atoms with Crippen molar-refractivity contribution in [1.29, 1.82) is 0 Å². The fourth-order valence-electron chi connectivity index (χ4n) is 2.59. The molecule has 0 amide bonds. The van der Waals surface area contributed by atoms with Crippen molar-refractivity contribution in [3.05, 3.63) is 82.9 Å². The van der Waals surface area contributed by atoms with Gasteiger partial charge in [-0.25, -0.2) is 0 Å². The molecule has 0 saturated heterocycles. The van der Waals surface area contributed by atoms with Crippen LogP contribution in [0.1, 0.15) is 61.8 Å². The molecule has 0 saturated carbocycles. The average molecular weight is 316 g/mol. The molecule has 0 heteroatoms. The predicted molar refractivity (Wildman–Crippen MR) is 105 cm³/mol. The fraction of sp³-hybridized carbons (Fsp3) is 0.333. The monoisotopic (exact) mass is 316 g/mol. The number of hydrogen-bond donors (Lipinski definition) is 0. The molecule has 0 aliphatic heterocycles. The molecular weight excluding hydrogens is 288 g/mol. The van der Waals surface area contributed by atoms with E-state index in [1.807, 2.05) is 0 Å². The minimum absolute atomic E-state index is 1.08. The molecule has 2 aromatic carbocycles. The molecular formula is C24H28. The van der Waals surface area contributed by atoms with Crippen molar-refractivity contribution in [1.82, 2.24) is 0 Å². The molecule has 0 bridgehead atoms. The summed E-state index contributed by atoms with van der Waals surface area (Å²) in [6.45, 7) is 4.42. The first-order valence-corrected chi connectivity index (χ1v) is 9.16. The summed E-state index contributed by atoms with van der Waals surface area (Å²) >= 11 is 0. The van der Waals surface area contributed by atoms with E-state index < -0.39 is 0 Å². The van der Waals surface area contributed by atoms with Crippen molar-refractivity contribution >= 4 is 0 Å². The summed E-state index contributed by atoms with van der Waals surface area (Å²) < 4.78 is 0. The van der Waals surface area contributed by atoms with Crippen LogP contribution < -0.4 is 0 Å². The van der Waals surface area contributed by atoms with Crippen LogP contribution in [0, 0.1) is 11.8 Å². The highest BCUT2D eigenvalue weighted by Gasteiger charge is 1.93. The summed E-state index contributed by atoms with van der Waals surface area (Å²) in [5.74, 6) is 6.51.